The van der Waals surface area contributed by atoms with Crippen LogP contribution >= 0.6 is 0 Å². The van der Waals surface area contributed by atoms with Crippen LogP contribution in [-0.4, -0.2) is 32.7 Å². The summed E-state index contributed by atoms with van der Waals surface area (Å²) in [6.45, 7) is -0.238. The van der Waals surface area contributed by atoms with Gasteiger partial charge in [0.05, 0.1) is 12.7 Å². The summed E-state index contributed by atoms with van der Waals surface area (Å²) in [5, 5.41) is 12.0. The third-order valence-electron chi connectivity index (χ3n) is 3.19. The zero-order valence-corrected chi connectivity index (χ0v) is 10.1. The van der Waals surface area contributed by atoms with Crippen molar-refractivity contribution >= 4 is 5.97 Å². The lowest BCUT2D eigenvalue weighted by molar-refractivity contribution is -0.140. The van der Waals surface area contributed by atoms with Gasteiger partial charge in [-0.2, -0.15) is 4.39 Å². The van der Waals surface area contributed by atoms with Gasteiger partial charge in [0.2, 0.25) is 5.82 Å². The van der Waals surface area contributed by atoms with Crippen molar-refractivity contribution in [3.8, 4) is 0 Å². The fourth-order valence-electron chi connectivity index (χ4n) is 1.88. The Morgan fingerprint density at radius 2 is 2.26 bits per heavy atom. The van der Waals surface area contributed by atoms with Crippen molar-refractivity contribution in [2.24, 2.45) is 0 Å². The van der Waals surface area contributed by atoms with Crippen molar-refractivity contribution in [2.45, 2.75) is 37.9 Å². The molecule has 0 aromatic carbocycles. The molecule has 1 aromatic rings. The van der Waals surface area contributed by atoms with Gasteiger partial charge in [0.1, 0.15) is 6.04 Å². The molecule has 7 nitrogen and oxygen atoms in total. The van der Waals surface area contributed by atoms with Gasteiger partial charge in [-0.1, -0.05) is 6.42 Å². The maximum absolute atomic E-state index is 13.1. The Kier molecular flexibility index (Phi) is 3.79. The van der Waals surface area contributed by atoms with Gasteiger partial charge in [0.15, 0.2) is 0 Å². The Balaban J connectivity index is 2.16. The van der Waals surface area contributed by atoms with E-state index in [0.717, 1.165) is 30.0 Å². The second-order valence-electron chi connectivity index (χ2n) is 4.57. The van der Waals surface area contributed by atoms with Gasteiger partial charge in [-0.15, -0.1) is 0 Å². The van der Waals surface area contributed by atoms with E-state index in [4.69, 9.17) is 5.11 Å². The Morgan fingerprint density at radius 1 is 1.58 bits per heavy atom. The monoisotopic (exact) mass is 271 g/mol. The quantitative estimate of drug-likeness (QED) is 0.655. The summed E-state index contributed by atoms with van der Waals surface area (Å²) in [5.74, 6) is -2.24. The van der Waals surface area contributed by atoms with Gasteiger partial charge in [-0.25, -0.2) is 4.79 Å². The van der Waals surface area contributed by atoms with Crippen LogP contribution in [0.4, 0.5) is 4.39 Å². The smallest absolute Gasteiger partial charge is 0.328 e. The molecule has 0 radical (unpaired) electrons. The average molecular weight is 271 g/mol. The van der Waals surface area contributed by atoms with Crippen LogP contribution in [0, 0.1) is 5.82 Å². The molecule has 2 rings (SSSR count). The fourth-order valence-corrected chi connectivity index (χ4v) is 1.88. The number of hydrogen-bond acceptors (Lipinski definition) is 4. The zero-order chi connectivity index (χ0) is 14.0. The second-order valence-corrected chi connectivity index (χ2v) is 4.57. The minimum Gasteiger partial charge on any atom is -0.480 e. The molecule has 0 bridgehead atoms. The van der Waals surface area contributed by atoms with Crippen molar-refractivity contribution in [2.75, 3.05) is 0 Å². The molecule has 19 heavy (non-hydrogen) atoms. The standard InChI is InChI=1S/C11H14FN3O4/c12-7-4-15(11(19)14-9(7)16)5-8(10(17)18)13-6-2-1-3-6/h4,6,8,13H,1-3,5H2,(H,17,18)(H,14,16,19)/t8-/m0/s1. The lowest BCUT2D eigenvalue weighted by Crippen LogP contribution is -2.50. The van der Waals surface area contributed by atoms with Gasteiger partial charge in [0, 0.05) is 6.04 Å². The highest BCUT2D eigenvalue weighted by Crippen LogP contribution is 2.18. The lowest BCUT2D eigenvalue weighted by Gasteiger charge is -2.29. The predicted octanol–water partition coefficient (Wildman–Crippen LogP) is -0.729. The first kappa shape index (κ1) is 13.5. The topological polar surface area (TPSA) is 104 Å². The van der Waals surface area contributed by atoms with Crippen LogP contribution in [0.25, 0.3) is 0 Å². The van der Waals surface area contributed by atoms with E-state index in [0.29, 0.717) is 0 Å². The van der Waals surface area contributed by atoms with E-state index >= 15 is 0 Å². The molecule has 1 aliphatic carbocycles. The number of halogens is 1. The number of aromatic amines is 1. The molecule has 0 spiro atoms. The molecule has 1 atom stereocenters. The highest BCUT2D eigenvalue weighted by molar-refractivity contribution is 5.73. The molecule has 0 unspecified atom stereocenters. The third-order valence-corrected chi connectivity index (χ3v) is 3.19. The lowest BCUT2D eigenvalue weighted by atomic mass is 9.92. The number of carboxylic acid groups (broad SMARTS) is 1. The molecule has 3 N–H and O–H groups in total. The first-order valence-electron chi connectivity index (χ1n) is 5.95. The molecule has 0 aliphatic heterocycles. The van der Waals surface area contributed by atoms with E-state index in [2.05, 4.69) is 5.32 Å². The molecule has 1 fully saturated rings. The summed E-state index contributed by atoms with van der Waals surface area (Å²) in [7, 11) is 0. The molecule has 1 heterocycles. The van der Waals surface area contributed by atoms with Gasteiger partial charge in [-0.05, 0) is 12.8 Å². The first-order valence-corrected chi connectivity index (χ1v) is 5.95. The summed E-state index contributed by atoms with van der Waals surface area (Å²) in [6.07, 6.45) is 3.54. The molecular weight excluding hydrogens is 257 g/mol. The minimum absolute atomic E-state index is 0.115. The number of nitrogens with one attached hydrogen (secondary N) is 2. The van der Waals surface area contributed by atoms with Crippen LogP contribution in [0.2, 0.25) is 0 Å². The van der Waals surface area contributed by atoms with Gasteiger partial charge in [-0.3, -0.25) is 19.1 Å². The normalized spacial score (nSPS) is 16.9. The Bertz CT molecular complexity index is 590. The number of hydrogen-bond donors (Lipinski definition) is 3. The van der Waals surface area contributed by atoms with E-state index in [1.165, 1.54) is 0 Å². The molecule has 104 valence electrons. The van der Waals surface area contributed by atoms with Crippen LogP contribution in [0.3, 0.4) is 0 Å². The molecule has 0 amide bonds. The highest BCUT2D eigenvalue weighted by Gasteiger charge is 2.26. The molecule has 0 saturated heterocycles. The number of H-pyrrole nitrogens is 1. The van der Waals surface area contributed by atoms with Crippen LogP contribution < -0.4 is 16.6 Å². The molecular formula is C11H14FN3O4. The maximum atomic E-state index is 13.1. The number of rotatable bonds is 5. The van der Waals surface area contributed by atoms with Crippen molar-refractivity contribution in [3.63, 3.8) is 0 Å². The van der Waals surface area contributed by atoms with E-state index in [1.807, 2.05) is 0 Å². The Morgan fingerprint density at radius 3 is 2.79 bits per heavy atom. The maximum Gasteiger partial charge on any atom is 0.328 e. The summed E-state index contributed by atoms with van der Waals surface area (Å²) in [5.41, 5.74) is -1.94. The second kappa shape index (κ2) is 5.35. The molecule has 1 aliphatic rings. The van der Waals surface area contributed by atoms with E-state index in [9.17, 15) is 18.8 Å². The number of aliphatic carboxylic acids is 1. The van der Waals surface area contributed by atoms with Crippen molar-refractivity contribution in [3.05, 3.63) is 32.9 Å². The van der Waals surface area contributed by atoms with Gasteiger partial charge in [0.25, 0.3) is 5.56 Å². The predicted molar refractivity (Wildman–Crippen MR) is 63.5 cm³/mol. The van der Waals surface area contributed by atoms with Gasteiger partial charge >= 0.3 is 11.7 Å². The van der Waals surface area contributed by atoms with Crippen LogP contribution in [0.1, 0.15) is 19.3 Å². The summed E-state index contributed by atoms with van der Waals surface area (Å²) in [4.78, 5) is 35.2. The number of carboxylic acids is 1. The Hall–Kier alpha value is -1.96. The number of nitrogens with zero attached hydrogens (tertiary/aromatic N) is 1. The average Bonchev–Trinajstić information content (AvgIpc) is 2.27. The SMILES string of the molecule is O=C(O)[C@H](Cn1cc(F)c(=O)[nH]c1=O)NC1CCC1. The molecule has 1 saturated carbocycles. The van der Waals surface area contributed by atoms with Crippen molar-refractivity contribution in [1.29, 1.82) is 0 Å². The van der Waals surface area contributed by atoms with Crippen LogP contribution in [0.15, 0.2) is 15.8 Å². The van der Waals surface area contributed by atoms with Crippen molar-refractivity contribution < 1.29 is 14.3 Å². The minimum atomic E-state index is -1.12. The summed E-state index contributed by atoms with van der Waals surface area (Å²) >= 11 is 0. The van der Waals surface area contributed by atoms with Gasteiger partial charge < -0.3 is 10.4 Å². The van der Waals surface area contributed by atoms with E-state index < -0.39 is 29.1 Å². The van der Waals surface area contributed by atoms with E-state index in [-0.39, 0.29) is 12.6 Å². The van der Waals surface area contributed by atoms with Crippen LogP contribution in [0.5, 0.6) is 0 Å². The van der Waals surface area contributed by atoms with Crippen LogP contribution in [-0.2, 0) is 11.3 Å². The van der Waals surface area contributed by atoms with Crippen molar-refractivity contribution in [1.82, 2.24) is 14.9 Å². The fraction of sp³-hybridized carbons (Fsp3) is 0.545. The van der Waals surface area contributed by atoms with E-state index in [1.54, 1.807) is 4.98 Å². The number of aromatic nitrogens is 2. The highest BCUT2D eigenvalue weighted by atomic mass is 19.1. The first-order chi connectivity index (χ1) is 8.97. The summed E-state index contributed by atoms with van der Waals surface area (Å²) < 4.78 is 13.9. The zero-order valence-electron chi connectivity index (χ0n) is 10.1. The number of carbonyl (C=O) groups is 1. The molecule has 1 aromatic heterocycles. The Labute approximate surface area is 107 Å². The summed E-state index contributed by atoms with van der Waals surface area (Å²) in [6, 6.07) is -0.877. The third kappa shape index (κ3) is 3.08. The largest absolute Gasteiger partial charge is 0.480 e. The molecule has 8 heteroatoms.